The van der Waals surface area contributed by atoms with E-state index in [-0.39, 0.29) is 17.4 Å². The number of nitrogens with zero attached hydrogens (tertiary/aromatic N) is 1. The molecule has 1 aliphatic rings. The third-order valence-corrected chi connectivity index (χ3v) is 6.46. The van der Waals surface area contributed by atoms with Gasteiger partial charge < -0.3 is 5.32 Å². The normalized spacial score (nSPS) is 15.2. The van der Waals surface area contributed by atoms with Gasteiger partial charge in [-0.05, 0) is 51.9 Å². The Bertz CT molecular complexity index is 965. The van der Waals surface area contributed by atoms with Crippen LogP contribution >= 0.6 is 15.9 Å². The smallest absolute Gasteiger partial charge is 0.252 e. The molecule has 1 fully saturated rings. The van der Waals surface area contributed by atoms with Crippen molar-refractivity contribution < 1.29 is 4.79 Å². The van der Waals surface area contributed by atoms with Crippen LogP contribution in [-0.2, 0) is 0 Å². The van der Waals surface area contributed by atoms with Crippen molar-refractivity contribution in [2.45, 2.75) is 66.3 Å². The molecular formula is C27H35BrN2O. The molecule has 1 aliphatic carbocycles. The number of pyridine rings is 1. The second-order valence-corrected chi connectivity index (χ2v) is 8.53. The quantitative estimate of drug-likeness (QED) is 0.407. The van der Waals surface area contributed by atoms with Crippen molar-refractivity contribution in [3.8, 4) is 0 Å². The van der Waals surface area contributed by atoms with E-state index in [1.807, 2.05) is 70.2 Å². The molecule has 0 bridgehead atoms. The summed E-state index contributed by atoms with van der Waals surface area (Å²) in [7, 11) is 0. The molecule has 1 saturated carbocycles. The number of aromatic nitrogens is 1. The molecule has 1 aromatic heterocycles. The molecule has 3 nitrogen and oxygen atoms in total. The molecule has 1 N–H and O–H groups in total. The van der Waals surface area contributed by atoms with Crippen molar-refractivity contribution in [2.24, 2.45) is 5.41 Å². The first-order valence-corrected chi connectivity index (χ1v) is 12.3. The Kier molecular flexibility index (Phi) is 9.70. The van der Waals surface area contributed by atoms with E-state index in [1.165, 1.54) is 18.4 Å². The number of para-hydroxylation sites is 1. The lowest BCUT2D eigenvalue weighted by Gasteiger charge is -2.35. The van der Waals surface area contributed by atoms with E-state index in [2.05, 4.69) is 45.3 Å². The Balaban J connectivity index is 0.000000807. The molecule has 1 amide bonds. The molecule has 2 aromatic carbocycles. The first-order chi connectivity index (χ1) is 15.1. The Morgan fingerprint density at radius 1 is 0.968 bits per heavy atom. The first kappa shape index (κ1) is 25.1. The lowest BCUT2D eigenvalue weighted by molar-refractivity contribution is 0.0888. The summed E-state index contributed by atoms with van der Waals surface area (Å²) in [6.07, 6.45) is 6.42. The van der Waals surface area contributed by atoms with Gasteiger partial charge in [-0.1, -0.05) is 89.9 Å². The van der Waals surface area contributed by atoms with Crippen molar-refractivity contribution in [3.63, 3.8) is 0 Å². The van der Waals surface area contributed by atoms with Gasteiger partial charge in [0.1, 0.15) is 0 Å². The topological polar surface area (TPSA) is 42.0 Å². The molecule has 1 unspecified atom stereocenters. The largest absolute Gasteiger partial charge is 0.345 e. The Morgan fingerprint density at radius 2 is 1.61 bits per heavy atom. The van der Waals surface area contributed by atoms with Gasteiger partial charge in [-0.15, -0.1) is 0 Å². The Hall–Kier alpha value is -2.20. The van der Waals surface area contributed by atoms with Crippen LogP contribution in [0.25, 0.3) is 10.9 Å². The van der Waals surface area contributed by atoms with Crippen LogP contribution in [0, 0.1) is 5.41 Å². The van der Waals surface area contributed by atoms with E-state index in [0.29, 0.717) is 5.56 Å². The van der Waals surface area contributed by atoms with Crippen LogP contribution in [0.15, 0.2) is 65.3 Å². The molecule has 31 heavy (non-hydrogen) atoms. The summed E-state index contributed by atoms with van der Waals surface area (Å²) in [5, 5.41) is 4.23. The minimum absolute atomic E-state index is 0.00377. The minimum atomic E-state index is -0.0394. The van der Waals surface area contributed by atoms with E-state index in [0.717, 1.165) is 28.2 Å². The van der Waals surface area contributed by atoms with Gasteiger partial charge in [0, 0.05) is 16.1 Å². The van der Waals surface area contributed by atoms with Gasteiger partial charge in [-0.2, -0.15) is 0 Å². The lowest BCUT2D eigenvalue weighted by Crippen LogP contribution is -2.38. The predicted octanol–water partition coefficient (Wildman–Crippen LogP) is 8.10. The number of halogens is 1. The molecule has 0 saturated heterocycles. The van der Waals surface area contributed by atoms with E-state index < -0.39 is 0 Å². The Labute approximate surface area is 195 Å². The summed E-state index contributed by atoms with van der Waals surface area (Å²) >= 11 is 3.54. The maximum absolute atomic E-state index is 13.3. The van der Waals surface area contributed by atoms with Gasteiger partial charge in [0.2, 0.25) is 0 Å². The van der Waals surface area contributed by atoms with E-state index in [1.54, 1.807) is 6.20 Å². The van der Waals surface area contributed by atoms with Crippen LogP contribution in [-0.4, -0.2) is 10.9 Å². The lowest BCUT2D eigenvalue weighted by atomic mass is 9.77. The van der Waals surface area contributed by atoms with Crippen LogP contribution in [0.2, 0.25) is 0 Å². The summed E-state index contributed by atoms with van der Waals surface area (Å²) in [6.45, 7) is 10.3. The SMILES string of the molecule is CC.CC.CC1(C(NC(=O)c2ccnc3c(Br)cccc23)c2ccccc2)CCCC1. The fourth-order valence-corrected chi connectivity index (χ4v) is 4.79. The average molecular weight is 483 g/mol. The summed E-state index contributed by atoms with van der Waals surface area (Å²) in [5.74, 6) is -0.0394. The Morgan fingerprint density at radius 3 is 2.26 bits per heavy atom. The zero-order chi connectivity index (χ0) is 22.9. The number of fused-ring (bicyclic) bond motifs is 1. The van der Waals surface area contributed by atoms with Crippen molar-refractivity contribution >= 4 is 32.7 Å². The molecule has 4 heteroatoms. The summed E-state index contributed by atoms with van der Waals surface area (Å²) in [5.41, 5.74) is 2.74. The maximum atomic E-state index is 13.3. The van der Waals surface area contributed by atoms with Crippen molar-refractivity contribution in [3.05, 3.63) is 76.4 Å². The summed E-state index contributed by atoms with van der Waals surface area (Å²) in [6, 6.07) is 18.0. The van der Waals surface area contributed by atoms with Crippen LogP contribution < -0.4 is 5.32 Å². The van der Waals surface area contributed by atoms with E-state index >= 15 is 0 Å². The highest BCUT2D eigenvalue weighted by molar-refractivity contribution is 9.10. The number of rotatable bonds is 4. The van der Waals surface area contributed by atoms with Crippen LogP contribution in [0.4, 0.5) is 0 Å². The number of nitrogens with one attached hydrogen (secondary N) is 1. The highest BCUT2D eigenvalue weighted by Crippen LogP contribution is 2.47. The second-order valence-electron chi connectivity index (χ2n) is 7.67. The number of benzene rings is 2. The number of carbonyl (C=O) groups is 1. The molecule has 1 atom stereocenters. The summed E-state index contributed by atoms with van der Waals surface area (Å²) in [4.78, 5) is 17.7. The van der Waals surface area contributed by atoms with Gasteiger partial charge in [0.25, 0.3) is 5.91 Å². The molecule has 4 rings (SSSR count). The molecule has 1 heterocycles. The van der Waals surface area contributed by atoms with Gasteiger partial charge in [0.15, 0.2) is 0 Å². The van der Waals surface area contributed by atoms with Crippen LogP contribution in [0.1, 0.15) is 82.3 Å². The molecule has 3 aromatic rings. The number of hydrogen-bond acceptors (Lipinski definition) is 2. The number of carbonyl (C=O) groups excluding carboxylic acids is 1. The standard InChI is InChI=1S/C23H23BrN2O.2C2H6/c1-23(13-5-6-14-23)21(16-8-3-2-4-9-16)26-22(27)18-12-15-25-20-17(18)10-7-11-19(20)24;2*1-2/h2-4,7-12,15,21H,5-6,13-14H2,1H3,(H,26,27);2*1-2H3. The van der Waals surface area contributed by atoms with Crippen molar-refractivity contribution in [1.82, 2.24) is 10.3 Å². The van der Waals surface area contributed by atoms with E-state index in [4.69, 9.17) is 0 Å². The average Bonchev–Trinajstić information content (AvgIpc) is 3.28. The third-order valence-electron chi connectivity index (χ3n) is 5.82. The fourth-order valence-electron chi connectivity index (χ4n) is 4.32. The molecule has 0 spiro atoms. The first-order valence-electron chi connectivity index (χ1n) is 11.5. The molecule has 0 radical (unpaired) electrons. The second kappa shape index (κ2) is 12.0. The molecular weight excluding hydrogens is 448 g/mol. The van der Waals surface area contributed by atoms with Crippen molar-refractivity contribution in [2.75, 3.05) is 0 Å². The third kappa shape index (κ3) is 5.74. The monoisotopic (exact) mass is 482 g/mol. The zero-order valence-electron chi connectivity index (χ0n) is 19.4. The number of amides is 1. The fraction of sp³-hybridized carbons (Fsp3) is 0.407. The minimum Gasteiger partial charge on any atom is -0.345 e. The zero-order valence-corrected chi connectivity index (χ0v) is 21.0. The van der Waals surface area contributed by atoms with Gasteiger partial charge in [-0.3, -0.25) is 9.78 Å². The maximum Gasteiger partial charge on any atom is 0.252 e. The molecule has 0 aliphatic heterocycles. The predicted molar refractivity (Wildman–Crippen MR) is 135 cm³/mol. The summed E-state index contributed by atoms with van der Waals surface area (Å²) < 4.78 is 0.900. The number of hydrogen-bond donors (Lipinski definition) is 1. The van der Waals surface area contributed by atoms with Crippen LogP contribution in [0.5, 0.6) is 0 Å². The van der Waals surface area contributed by atoms with Crippen molar-refractivity contribution in [1.29, 1.82) is 0 Å². The highest BCUT2D eigenvalue weighted by Gasteiger charge is 2.39. The van der Waals surface area contributed by atoms with Gasteiger partial charge in [-0.25, -0.2) is 0 Å². The van der Waals surface area contributed by atoms with E-state index in [9.17, 15) is 4.79 Å². The van der Waals surface area contributed by atoms with Crippen LogP contribution in [0.3, 0.4) is 0 Å². The van der Waals surface area contributed by atoms with Gasteiger partial charge in [0.05, 0.1) is 17.1 Å². The van der Waals surface area contributed by atoms with Gasteiger partial charge >= 0.3 is 0 Å². The highest BCUT2D eigenvalue weighted by atomic mass is 79.9. The molecule has 166 valence electrons.